The third-order valence-electron chi connectivity index (χ3n) is 4.21. The molecule has 0 aliphatic carbocycles. The number of rotatable bonds is 2. The summed E-state index contributed by atoms with van der Waals surface area (Å²) in [6.07, 6.45) is 7.66. The average molecular weight is 208 g/mol. The molecule has 0 aromatic carbocycles. The highest BCUT2D eigenvalue weighted by atomic mass is 14.3. The van der Waals surface area contributed by atoms with E-state index in [1.54, 1.807) is 0 Å². The SMILES string of the molecule is [2H][C@H]([C@@H]([2H])B1C2CCCC1CCC2)C(C)(C)C. The van der Waals surface area contributed by atoms with Gasteiger partial charge in [-0.3, -0.25) is 0 Å². The van der Waals surface area contributed by atoms with Gasteiger partial charge in [0.15, 0.2) is 0 Å². The molecule has 0 saturated carbocycles. The fourth-order valence-electron chi connectivity index (χ4n) is 3.44. The fraction of sp³-hybridized carbons (Fsp3) is 1.00. The lowest BCUT2D eigenvalue weighted by molar-refractivity contribution is 0.384. The summed E-state index contributed by atoms with van der Waals surface area (Å²) >= 11 is 0. The summed E-state index contributed by atoms with van der Waals surface area (Å²) in [6, 6.07) is 0. The van der Waals surface area contributed by atoms with Crippen molar-refractivity contribution < 1.29 is 2.74 Å². The zero-order valence-electron chi connectivity index (χ0n) is 12.6. The molecule has 0 N–H and O–H groups in total. The molecule has 2 saturated heterocycles. The first-order chi connectivity index (χ1) is 7.91. The Kier molecular flexibility index (Phi) is 2.75. The highest BCUT2D eigenvalue weighted by Crippen LogP contribution is 2.48. The Balaban J connectivity index is 2.10. The van der Waals surface area contributed by atoms with Gasteiger partial charge in [-0.05, 0) is 5.41 Å². The second-order valence-corrected chi connectivity index (χ2v) is 6.68. The summed E-state index contributed by atoms with van der Waals surface area (Å²) < 4.78 is 16.9. The highest BCUT2D eigenvalue weighted by molar-refractivity contribution is 6.62. The van der Waals surface area contributed by atoms with Gasteiger partial charge in [-0.1, -0.05) is 83.6 Å². The maximum atomic E-state index is 8.54. The summed E-state index contributed by atoms with van der Waals surface area (Å²) in [5, 5.41) is 0. The summed E-state index contributed by atoms with van der Waals surface area (Å²) in [4.78, 5) is 0. The number of fused-ring (bicyclic) bond motifs is 2. The molecule has 0 aromatic rings. The van der Waals surface area contributed by atoms with E-state index in [0.29, 0.717) is 6.71 Å². The topological polar surface area (TPSA) is 0 Å². The predicted molar refractivity (Wildman–Crippen MR) is 69.8 cm³/mol. The molecule has 2 bridgehead atoms. The summed E-state index contributed by atoms with van der Waals surface area (Å²) in [5.74, 6) is 1.53. The first kappa shape index (κ1) is 9.13. The first-order valence-corrected chi connectivity index (χ1v) is 6.76. The molecule has 2 aliphatic heterocycles. The van der Waals surface area contributed by atoms with E-state index in [4.69, 9.17) is 2.74 Å². The van der Waals surface area contributed by atoms with E-state index in [9.17, 15) is 0 Å². The average Bonchev–Trinajstić information content (AvgIpc) is 2.24. The van der Waals surface area contributed by atoms with Crippen LogP contribution in [0.15, 0.2) is 0 Å². The van der Waals surface area contributed by atoms with Crippen molar-refractivity contribution in [2.75, 3.05) is 0 Å². The monoisotopic (exact) mass is 208 g/mol. The first-order valence-electron chi connectivity index (χ1n) is 7.91. The van der Waals surface area contributed by atoms with Crippen molar-refractivity contribution in [3.05, 3.63) is 0 Å². The van der Waals surface area contributed by atoms with Crippen LogP contribution in [0.25, 0.3) is 0 Å². The van der Waals surface area contributed by atoms with E-state index in [0.717, 1.165) is 11.6 Å². The lowest BCUT2D eigenvalue weighted by Gasteiger charge is -2.41. The normalized spacial score (nSPS) is 37.9. The smallest absolute Gasteiger partial charge is 0.0732 e. The van der Waals surface area contributed by atoms with E-state index in [-0.39, 0.29) is 18.1 Å². The molecule has 1 heteroatoms. The molecule has 2 heterocycles. The third kappa shape index (κ3) is 3.01. The molecule has 0 amide bonds. The van der Waals surface area contributed by atoms with Crippen molar-refractivity contribution in [2.24, 2.45) is 5.41 Å². The summed E-state index contributed by atoms with van der Waals surface area (Å²) in [5.41, 5.74) is -0.0435. The Hall–Kier alpha value is 0.0649. The Morgan fingerprint density at radius 3 is 1.93 bits per heavy atom. The van der Waals surface area contributed by atoms with Gasteiger partial charge in [-0.2, -0.15) is 0 Å². The van der Waals surface area contributed by atoms with Gasteiger partial charge in [0.25, 0.3) is 0 Å². The van der Waals surface area contributed by atoms with Gasteiger partial charge in [0.2, 0.25) is 0 Å². The standard InChI is InChI=1S/C14H27B/c1-14(2,3)10-11-15-12-6-4-7-13(15)9-5-8-12/h12-13H,4-11H2,1-3H3/i10D,11D/t10-,11-,12?,13?/m1/s1. The van der Waals surface area contributed by atoms with Crippen molar-refractivity contribution in [2.45, 2.75) is 83.6 Å². The minimum atomic E-state index is -0.228. The molecule has 0 unspecified atom stereocenters. The van der Waals surface area contributed by atoms with Gasteiger partial charge >= 0.3 is 0 Å². The fourth-order valence-corrected chi connectivity index (χ4v) is 3.44. The van der Waals surface area contributed by atoms with Crippen molar-refractivity contribution in [3.8, 4) is 0 Å². The molecule has 2 atom stereocenters. The van der Waals surface area contributed by atoms with Crippen LogP contribution in [-0.4, -0.2) is 6.71 Å². The predicted octanol–water partition coefficient (Wildman–Crippen LogP) is 5.03. The zero-order valence-corrected chi connectivity index (χ0v) is 10.6. The van der Waals surface area contributed by atoms with Crippen LogP contribution in [0, 0.1) is 5.41 Å². The van der Waals surface area contributed by atoms with Gasteiger partial charge in [0.1, 0.15) is 6.71 Å². The molecule has 86 valence electrons. The maximum Gasteiger partial charge on any atom is 0.146 e. The van der Waals surface area contributed by atoms with Crippen molar-refractivity contribution in [1.82, 2.24) is 0 Å². The Morgan fingerprint density at radius 2 is 1.53 bits per heavy atom. The molecule has 0 spiro atoms. The lowest BCUT2D eigenvalue weighted by Crippen LogP contribution is -2.35. The Labute approximate surface area is 99.1 Å². The van der Waals surface area contributed by atoms with Gasteiger partial charge in [-0.25, -0.2) is 0 Å². The van der Waals surface area contributed by atoms with Gasteiger partial charge < -0.3 is 0 Å². The van der Waals surface area contributed by atoms with Gasteiger partial charge in [0.05, 0.1) is 0 Å². The number of hydrogen-bond donors (Lipinski definition) is 0. The Bertz CT molecular complexity index is 239. The molecule has 0 nitrogen and oxygen atoms in total. The van der Waals surface area contributed by atoms with E-state index < -0.39 is 0 Å². The molecular formula is C14H27B. The quantitative estimate of drug-likeness (QED) is 0.558. The molecule has 0 aromatic heterocycles. The largest absolute Gasteiger partial charge is 0.146 e. The van der Waals surface area contributed by atoms with E-state index in [2.05, 4.69) is 20.8 Å². The van der Waals surface area contributed by atoms with Crippen molar-refractivity contribution in [3.63, 3.8) is 0 Å². The van der Waals surface area contributed by atoms with E-state index >= 15 is 0 Å². The van der Waals surface area contributed by atoms with Crippen LogP contribution >= 0.6 is 0 Å². The third-order valence-corrected chi connectivity index (χ3v) is 4.21. The van der Waals surface area contributed by atoms with Crippen LogP contribution in [0.4, 0.5) is 0 Å². The summed E-state index contributed by atoms with van der Waals surface area (Å²) in [6.45, 7) is 6.87. The van der Waals surface area contributed by atoms with E-state index in [1.807, 2.05) is 0 Å². The Morgan fingerprint density at radius 1 is 1.07 bits per heavy atom. The zero-order chi connectivity index (χ0) is 12.6. The van der Waals surface area contributed by atoms with Gasteiger partial charge in [-0.15, -0.1) is 0 Å². The molecular weight excluding hydrogens is 179 g/mol. The maximum absolute atomic E-state index is 8.54. The van der Waals surface area contributed by atoms with Crippen LogP contribution < -0.4 is 0 Å². The van der Waals surface area contributed by atoms with Crippen molar-refractivity contribution >= 4 is 6.71 Å². The second kappa shape index (κ2) is 4.51. The molecule has 15 heavy (non-hydrogen) atoms. The van der Waals surface area contributed by atoms with Crippen LogP contribution in [0.3, 0.4) is 0 Å². The highest BCUT2D eigenvalue weighted by Gasteiger charge is 2.38. The molecule has 2 rings (SSSR count). The van der Waals surface area contributed by atoms with Crippen LogP contribution in [0.5, 0.6) is 0 Å². The minimum Gasteiger partial charge on any atom is -0.0732 e. The summed E-state index contributed by atoms with van der Waals surface area (Å²) in [7, 11) is 0. The van der Waals surface area contributed by atoms with E-state index in [1.165, 1.54) is 38.5 Å². The lowest BCUT2D eigenvalue weighted by atomic mass is 9.25. The molecule has 2 fully saturated rings. The van der Waals surface area contributed by atoms with Crippen molar-refractivity contribution in [1.29, 1.82) is 0 Å². The molecule has 0 radical (unpaired) electrons. The minimum absolute atomic E-state index is 0.0435. The van der Waals surface area contributed by atoms with Gasteiger partial charge in [0, 0.05) is 2.74 Å². The number of hydrogen-bond acceptors (Lipinski definition) is 0. The van der Waals surface area contributed by atoms with Crippen LogP contribution in [0.2, 0.25) is 17.9 Å². The van der Waals surface area contributed by atoms with Crippen LogP contribution in [0.1, 0.15) is 68.4 Å². The molecule has 2 aliphatic rings. The van der Waals surface area contributed by atoms with Crippen LogP contribution in [-0.2, 0) is 0 Å². The second-order valence-electron chi connectivity index (χ2n) is 6.68.